The van der Waals surface area contributed by atoms with Crippen molar-refractivity contribution in [3.63, 3.8) is 0 Å². The van der Waals surface area contributed by atoms with E-state index in [1.807, 2.05) is 6.92 Å². The number of carboxylic acid groups (broad SMARTS) is 1. The first-order valence-corrected chi connectivity index (χ1v) is 8.42. The Labute approximate surface area is 159 Å². The summed E-state index contributed by atoms with van der Waals surface area (Å²) in [5, 5.41) is 11.5. The molecule has 1 aliphatic rings. The molecule has 8 heteroatoms. The van der Waals surface area contributed by atoms with Gasteiger partial charge in [-0.3, -0.25) is 9.59 Å². The van der Waals surface area contributed by atoms with Crippen molar-refractivity contribution in [1.29, 1.82) is 0 Å². The van der Waals surface area contributed by atoms with Gasteiger partial charge in [-0.05, 0) is 55.5 Å². The molecule has 0 saturated carbocycles. The summed E-state index contributed by atoms with van der Waals surface area (Å²) in [5.41, 5.74) is 0.830. The lowest BCUT2D eigenvalue weighted by atomic mass is 10.2. The number of halogens is 1. The number of anilines is 2. The summed E-state index contributed by atoms with van der Waals surface area (Å²) >= 11 is 6.07. The zero-order valence-electron chi connectivity index (χ0n) is 14.2. The average molecular weight is 387 g/mol. The Morgan fingerprint density at radius 2 is 1.70 bits per heavy atom. The molecule has 0 spiro atoms. The highest BCUT2D eigenvalue weighted by molar-refractivity contribution is 6.53. The number of carboxylic acids is 1. The van der Waals surface area contributed by atoms with Crippen LogP contribution >= 0.6 is 11.6 Å². The third-order valence-electron chi connectivity index (χ3n) is 3.83. The molecule has 7 nitrogen and oxygen atoms in total. The number of amides is 2. The Balaban J connectivity index is 1.82. The molecular formula is C19H15ClN2O5. The second kappa shape index (κ2) is 7.51. The molecule has 3 rings (SSSR count). The highest BCUT2D eigenvalue weighted by Crippen LogP contribution is 2.31. The van der Waals surface area contributed by atoms with Gasteiger partial charge >= 0.3 is 5.97 Å². The zero-order chi connectivity index (χ0) is 19.6. The summed E-state index contributed by atoms with van der Waals surface area (Å²) in [5.74, 6) is -1.68. The Morgan fingerprint density at radius 3 is 2.26 bits per heavy atom. The fourth-order valence-electron chi connectivity index (χ4n) is 2.54. The van der Waals surface area contributed by atoms with Gasteiger partial charge in [-0.25, -0.2) is 9.69 Å². The lowest BCUT2D eigenvalue weighted by molar-refractivity contribution is -0.120. The van der Waals surface area contributed by atoms with Gasteiger partial charge in [0.2, 0.25) is 0 Å². The maximum Gasteiger partial charge on any atom is 0.335 e. The van der Waals surface area contributed by atoms with E-state index in [1.165, 1.54) is 24.3 Å². The SMILES string of the molecule is CCOc1ccc(N2C(=O)C(Cl)=C(Nc3ccc(C(=O)O)cc3)C2=O)cc1. The van der Waals surface area contributed by atoms with E-state index in [4.69, 9.17) is 21.4 Å². The van der Waals surface area contributed by atoms with Crippen molar-refractivity contribution in [1.82, 2.24) is 0 Å². The van der Waals surface area contributed by atoms with Gasteiger partial charge in [-0.1, -0.05) is 11.6 Å². The van der Waals surface area contributed by atoms with E-state index < -0.39 is 17.8 Å². The topological polar surface area (TPSA) is 95.9 Å². The van der Waals surface area contributed by atoms with E-state index >= 15 is 0 Å². The van der Waals surface area contributed by atoms with E-state index in [1.54, 1.807) is 24.3 Å². The van der Waals surface area contributed by atoms with Crippen LogP contribution in [-0.2, 0) is 9.59 Å². The molecule has 138 valence electrons. The third kappa shape index (κ3) is 3.63. The van der Waals surface area contributed by atoms with Crippen molar-refractivity contribution in [2.45, 2.75) is 6.92 Å². The summed E-state index contributed by atoms with van der Waals surface area (Å²) in [6.45, 7) is 2.36. The van der Waals surface area contributed by atoms with E-state index in [9.17, 15) is 14.4 Å². The van der Waals surface area contributed by atoms with E-state index in [0.29, 0.717) is 23.7 Å². The third-order valence-corrected chi connectivity index (χ3v) is 4.19. The molecule has 0 aliphatic carbocycles. The van der Waals surface area contributed by atoms with Crippen molar-refractivity contribution in [2.24, 2.45) is 0 Å². The van der Waals surface area contributed by atoms with Crippen LogP contribution in [0.2, 0.25) is 0 Å². The predicted molar refractivity (Wildman–Crippen MR) is 100 cm³/mol. The van der Waals surface area contributed by atoms with Gasteiger partial charge in [-0.2, -0.15) is 0 Å². The maximum absolute atomic E-state index is 12.7. The normalized spacial score (nSPS) is 13.9. The monoisotopic (exact) mass is 386 g/mol. The molecule has 2 amide bonds. The Morgan fingerprint density at radius 1 is 1.07 bits per heavy atom. The quantitative estimate of drug-likeness (QED) is 0.740. The van der Waals surface area contributed by atoms with Crippen LogP contribution in [0, 0.1) is 0 Å². The lowest BCUT2D eigenvalue weighted by Crippen LogP contribution is -2.32. The number of nitrogens with zero attached hydrogens (tertiary/aromatic N) is 1. The number of rotatable bonds is 6. The fraction of sp³-hybridized carbons (Fsp3) is 0.105. The second-order valence-electron chi connectivity index (χ2n) is 5.57. The number of carbonyl (C=O) groups excluding carboxylic acids is 2. The van der Waals surface area contributed by atoms with Crippen molar-refractivity contribution in [3.8, 4) is 5.75 Å². The van der Waals surface area contributed by atoms with E-state index in [0.717, 1.165) is 4.90 Å². The van der Waals surface area contributed by atoms with Gasteiger partial charge in [0.1, 0.15) is 16.5 Å². The van der Waals surface area contributed by atoms with Crippen LogP contribution < -0.4 is 15.0 Å². The molecule has 0 bridgehead atoms. The highest BCUT2D eigenvalue weighted by atomic mass is 35.5. The van der Waals surface area contributed by atoms with Crippen LogP contribution in [0.3, 0.4) is 0 Å². The largest absolute Gasteiger partial charge is 0.494 e. The van der Waals surface area contributed by atoms with Crippen LogP contribution in [0.4, 0.5) is 11.4 Å². The first-order chi connectivity index (χ1) is 12.9. The first kappa shape index (κ1) is 18.5. The van der Waals surface area contributed by atoms with E-state index in [-0.39, 0.29) is 16.3 Å². The van der Waals surface area contributed by atoms with Crippen molar-refractivity contribution < 1.29 is 24.2 Å². The van der Waals surface area contributed by atoms with E-state index in [2.05, 4.69) is 5.32 Å². The Hall–Kier alpha value is -3.32. The average Bonchev–Trinajstić information content (AvgIpc) is 2.87. The molecule has 0 aromatic heterocycles. The number of hydrogen-bond acceptors (Lipinski definition) is 5. The summed E-state index contributed by atoms with van der Waals surface area (Å²) in [6.07, 6.45) is 0. The molecule has 2 aromatic rings. The maximum atomic E-state index is 12.7. The molecule has 1 heterocycles. The highest BCUT2D eigenvalue weighted by Gasteiger charge is 2.38. The van der Waals surface area contributed by atoms with Crippen LogP contribution in [-0.4, -0.2) is 29.5 Å². The number of aromatic carboxylic acids is 1. The fourth-order valence-corrected chi connectivity index (χ4v) is 2.76. The molecule has 1 aliphatic heterocycles. The molecule has 0 radical (unpaired) electrons. The summed E-state index contributed by atoms with van der Waals surface area (Å²) in [6, 6.07) is 12.2. The van der Waals surface area contributed by atoms with Gasteiger partial charge in [0.15, 0.2) is 0 Å². The minimum absolute atomic E-state index is 0.0707. The van der Waals surface area contributed by atoms with Gasteiger partial charge in [0, 0.05) is 5.69 Å². The summed E-state index contributed by atoms with van der Waals surface area (Å²) in [7, 11) is 0. The van der Waals surface area contributed by atoms with Crippen LogP contribution in [0.5, 0.6) is 5.75 Å². The number of carbonyl (C=O) groups is 3. The molecule has 27 heavy (non-hydrogen) atoms. The van der Waals surface area contributed by atoms with Crippen molar-refractivity contribution >= 4 is 40.8 Å². The Kier molecular flexibility index (Phi) is 5.14. The van der Waals surface area contributed by atoms with Gasteiger partial charge in [-0.15, -0.1) is 0 Å². The van der Waals surface area contributed by atoms with Gasteiger partial charge in [0.25, 0.3) is 11.8 Å². The molecule has 2 N–H and O–H groups in total. The molecule has 0 saturated heterocycles. The van der Waals surface area contributed by atoms with Crippen LogP contribution in [0.1, 0.15) is 17.3 Å². The smallest absolute Gasteiger partial charge is 0.335 e. The molecule has 0 fully saturated rings. The molecular weight excluding hydrogens is 372 g/mol. The number of imide groups is 1. The number of hydrogen-bond donors (Lipinski definition) is 2. The molecule has 2 aromatic carbocycles. The number of benzene rings is 2. The van der Waals surface area contributed by atoms with Crippen molar-refractivity contribution in [3.05, 3.63) is 64.8 Å². The first-order valence-electron chi connectivity index (χ1n) is 8.04. The molecule has 0 unspecified atom stereocenters. The van der Waals surface area contributed by atoms with Gasteiger partial charge < -0.3 is 15.2 Å². The second-order valence-corrected chi connectivity index (χ2v) is 5.95. The number of ether oxygens (including phenoxy) is 1. The molecule has 0 atom stereocenters. The van der Waals surface area contributed by atoms with Crippen molar-refractivity contribution in [2.75, 3.05) is 16.8 Å². The summed E-state index contributed by atoms with van der Waals surface area (Å²) in [4.78, 5) is 37.0. The van der Waals surface area contributed by atoms with Crippen LogP contribution in [0.15, 0.2) is 59.3 Å². The van der Waals surface area contributed by atoms with Gasteiger partial charge in [0.05, 0.1) is 17.9 Å². The van der Waals surface area contributed by atoms with Crippen LogP contribution in [0.25, 0.3) is 0 Å². The minimum atomic E-state index is -1.06. The standard InChI is InChI=1S/C19H15ClN2O5/c1-2-27-14-9-7-13(8-10-14)22-17(23)15(20)16(18(22)24)21-12-5-3-11(4-6-12)19(25)26/h3-10,21H,2H2,1H3,(H,25,26). The predicted octanol–water partition coefficient (Wildman–Crippen LogP) is 3.22. The minimum Gasteiger partial charge on any atom is -0.494 e. The number of nitrogens with one attached hydrogen (secondary N) is 1. The Bertz CT molecular complexity index is 936. The summed E-state index contributed by atoms with van der Waals surface area (Å²) < 4.78 is 5.35. The lowest BCUT2D eigenvalue weighted by Gasteiger charge is -2.15. The zero-order valence-corrected chi connectivity index (χ0v) is 15.0.